The smallest absolute Gasteiger partial charge is 0.0701 e. The van der Waals surface area contributed by atoms with E-state index >= 15 is 0 Å². The van der Waals surface area contributed by atoms with Crippen molar-refractivity contribution in [1.29, 1.82) is 0 Å². The van der Waals surface area contributed by atoms with Gasteiger partial charge in [-0.15, -0.1) is 0 Å². The Morgan fingerprint density at radius 2 is 1.81 bits per heavy atom. The Balaban J connectivity index is 1.89. The largest absolute Gasteiger partial charge is 0.375 e. The van der Waals surface area contributed by atoms with Crippen LogP contribution in [0, 0.1) is 11.3 Å². The molecule has 0 aliphatic carbocycles. The van der Waals surface area contributed by atoms with Gasteiger partial charge in [0.2, 0.25) is 0 Å². The summed E-state index contributed by atoms with van der Waals surface area (Å²) in [5.74, 6) is 3.40. The van der Waals surface area contributed by atoms with Gasteiger partial charge in [0.15, 0.2) is 0 Å². The van der Waals surface area contributed by atoms with E-state index < -0.39 is 0 Å². The van der Waals surface area contributed by atoms with Gasteiger partial charge in [-0.1, -0.05) is 13.8 Å². The zero-order chi connectivity index (χ0) is 15.6. The molecule has 0 radical (unpaired) electrons. The summed E-state index contributed by atoms with van der Waals surface area (Å²) in [5.41, 5.74) is 0.871. The van der Waals surface area contributed by atoms with E-state index in [-0.39, 0.29) is 11.1 Å². The van der Waals surface area contributed by atoms with Gasteiger partial charge in [0, 0.05) is 12.1 Å². The second kappa shape index (κ2) is 6.80. The minimum Gasteiger partial charge on any atom is -0.375 e. The van der Waals surface area contributed by atoms with Crippen LogP contribution >= 0.6 is 11.8 Å². The van der Waals surface area contributed by atoms with E-state index in [1.165, 1.54) is 43.6 Å². The fourth-order valence-corrected chi connectivity index (χ4v) is 4.99. The van der Waals surface area contributed by atoms with Crippen molar-refractivity contribution in [3.8, 4) is 0 Å². The van der Waals surface area contributed by atoms with Crippen molar-refractivity contribution in [2.45, 2.75) is 77.9 Å². The highest BCUT2D eigenvalue weighted by atomic mass is 32.2. The molecule has 2 nitrogen and oxygen atoms in total. The average molecular weight is 314 g/mol. The molecule has 0 bridgehead atoms. The van der Waals surface area contributed by atoms with Crippen LogP contribution in [-0.4, -0.2) is 35.8 Å². The predicted octanol–water partition coefficient (Wildman–Crippen LogP) is 4.48. The molecule has 3 heteroatoms. The molecule has 0 saturated carbocycles. The third-order valence-electron chi connectivity index (χ3n) is 5.43. The molecular weight excluding hydrogens is 278 g/mol. The summed E-state index contributed by atoms with van der Waals surface area (Å²) in [4.78, 5) is 0. The van der Waals surface area contributed by atoms with Crippen molar-refractivity contribution in [3.63, 3.8) is 0 Å². The third kappa shape index (κ3) is 5.14. The predicted molar refractivity (Wildman–Crippen MR) is 94.1 cm³/mol. The van der Waals surface area contributed by atoms with Crippen LogP contribution in [0.5, 0.6) is 0 Å². The maximum absolute atomic E-state index is 6.26. The Kier molecular flexibility index (Phi) is 5.71. The number of ether oxygens (including phenoxy) is 1. The Hall–Kier alpha value is 0.270. The minimum absolute atomic E-state index is 0.225. The molecule has 0 aromatic carbocycles. The number of hydrogen-bond acceptors (Lipinski definition) is 3. The van der Waals surface area contributed by atoms with Crippen LogP contribution in [0.15, 0.2) is 0 Å². The number of nitrogens with one attached hydrogen (secondary N) is 1. The number of hydrogen-bond donors (Lipinski definition) is 1. The van der Waals surface area contributed by atoms with Crippen molar-refractivity contribution < 1.29 is 4.74 Å². The molecule has 2 saturated heterocycles. The average Bonchev–Trinajstić information content (AvgIpc) is 2.38. The van der Waals surface area contributed by atoms with Gasteiger partial charge in [0.1, 0.15) is 0 Å². The highest BCUT2D eigenvalue weighted by molar-refractivity contribution is 7.99. The lowest BCUT2D eigenvalue weighted by Crippen LogP contribution is -2.47. The standard InChI is InChI=1S/C18H35NOS/c1-16(2,3)19-10-7-17(4,5)15-6-11-20-18(14-15)8-12-21-13-9-18/h15,19H,6-14H2,1-5H3. The van der Waals surface area contributed by atoms with Gasteiger partial charge >= 0.3 is 0 Å². The van der Waals surface area contributed by atoms with E-state index in [9.17, 15) is 0 Å². The Labute approximate surface area is 136 Å². The lowest BCUT2D eigenvalue weighted by Gasteiger charge is -2.48. The van der Waals surface area contributed by atoms with Gasteiger partial charge in [-0.25, -0.2) is 0 Å². The molecule has 21 heavy (non-hydrogen) atoms. The van der Waals surface area contributed by atoms with Gasteiger partial charge in [-0.2, -0.15) is 11.8 Å². The molecule has 2 aliphatic heterocycles. The van der Waals surface area contributed by atoms with Gasteiger partial charge in [-0.05, 0) is 82.3 Å². The van der Waals surface area contributed by atoms with Crippen LogP contribution in [0.3, 0.4) is 0 Å². The van der Waals surface area contributed by atoms with Crippen LogP contribution in [0.25, 0.3) is 0 Å². The first-order valence-electron chi connectivity index (χ1n) is 8.69. The molecule has 1 unspecified atom stereocenters. The highest BCUT2D eigenvalue weighted by Gasteiger charge is 2.43. The summed E-state index contributed by atoms with van der Waals surface area (Å²) >= 11 is 2.10. The molecular formula is C18H35NOS. The molecule has 2 fully saturated rings. The molecule has 1 spiro atoms. The van der Waals surface area contributed by atoms with E-state index in [0.29, 0.717) is 5.41 Å². The topological polar surface area (TPSA) is 21.3 Å². The van der Waals surface area contributed by atoms with Crippen LogP contribution in [0.1, 0.15) is 66.7 Å². The van der Waals surface area contributed by atoms with Crippen molar-refractivity contribution >= 4 is 11.8 Å². The summed E-state index contributed by atoms with van der Waals surface area (Å²) < 4.78 is 6.26. The first-order chi connectivity index (χ1) is 9.73. The number of thioether (sulfide) groups is 1. The molecule has 2 aliphatic rings. The quantitative estimate of drug-likeness (QED) is 0.826. The molecule has 2 rings (SSSR count). The summed E-state index contributed by atoms with van der Waals surface area (Å²) in [5, 5.41) is 3.65. The minimum atomic E-state index is 0.225. The fourth-order valence-electron chi connectivity index (χ4n) is 3.75. The zero-order valence-electron chi connectivity index (χ0n) is 14.8. The lowest BCUT2D eigenvalue weighted by atomic mass is 9.67. The maximum atomic E-state index is 6.26. The van der Waals surface area contributed by atoms with E-state index in [4.69, 9.17) is 4.74 Å². The third-order valence-corrected chi connectivity index (χ3v) is 6.41. The summed E-state index contributed by atoms with van der Waals surface area (Å²) in [6.07, 6.45) is 6.34. The van der Waals surface area contributed by atoms with Crippen LogP contribution in [0.4, 0.5) is 0 Å². The van der Waals surface area contributed by atoms with Crippen molar-refractivity contribution in [3.05, 3.63) is 0 Å². The van der Waals surface area contributed by atoms with E-state index in [1.54, 1.807) is 0 Å². The highest BCUT2D eigenvalue weighted by Crippen LogP contribution is 2.46. The second-order valence-electron chi connectivity index (χ2n) is 8.75. The van der Waals surface area contributed by atoms with Gasteiger partial charge < -0.3 is 10.1 Å². The van der Waals surface area contributed by atoms with Crippen LogP contribution in [0.2, 0.25) is 0 Å². The summed E-state index contributed by atoms with van der Waals surface area (Å²) in [7, 11) is 0. The first kappa shape index (κ1) is 17.6. The fraction of sp³-hybridized carbons (Fsp3) is 1.00. The van der Waals surface area contributed by atoms with Gasteiger partial charge in [-0.3, -0.25) is 0 Å². The number of rotatable bonds is 4. The lowest BCUT2D eigenvalue weighted by molar-refractivity contribution is -0.121. The molecule has 0 aromatic heterocycles. The van der Waals surface area contributed by atoms with E-state index in [2.05, 4.69) is 51.7 Å². The van der Waals surface area contributed by atoms with Crippen LogP contribution < -0.4 is 5.32 Å². The molecule has 1 atom stereocenters. The molecule has 0 aromatic rings. The molecule has 124 valence electrons. The Morgan fingerprint density at radius 3 is 2.43 bits per heavy atom. The Bertz CT molecular complexity index is 323. The zero-order valence-corrected chi connectivity index (χ0v) is 15.6. The molecule has 0 amide bonds. The maximum Gasteiger partial charge on any atom is 0.0701 e. The van der Waals surface area contributed by atoms with Gasteiger partial charge in [0.25, 0.3) is 0 Å². The van der Waals surface area contributed by atoms with E-state index in [0.717, 1.165) is 19.1 Å². The van der Waals surface area contributed by atoms with Crippen LogP contribution in [-0.2, 0) is 4.74 Å². The van der Waals surface area contributed by atoms with E-state index in [1.807, 2.05) is 0 Å². The summed E-state index contributed by atoms with van der Waals surface area (Å²) in [6, 6.07) is 0. The van der Waals surface area contributed by atoms with Gasteiger partial charge in [0.05, 0.1) is 5.60 Å². The van der Waals surface area contributed by atoms with Crippen molar-refractivity contribution in [1.82, 2.24) is 5.32 Å². The SMILES string of the molecule is CC(C)(C)NCCC(C)(C)C1CCOC2(CCSCC2)C1. The molecule has 2 heterocycles. The summed E-state index contributed by atoms with van der Waals surface area (Å²) in [6.45, 7) is 13.8. The monoisotopic (exact) mass is 313 g/mol. The van der Waals surface area contributed by atoms with Crippen molar-refractivity contribution in [2.75, 3.05) is 24.7 Å². The molecule has 1 N–H and O–H groups in total. The van der Waals surface area contributed by atoms with Crippen molar-refractivity contribution in [2.24, 2.45) is 11.3 Å². The first-order valence-corrected chi connectivity index (χ1v) is 9.85. The Morgan fingerprint density at radius 1 is 1.14 bits per heavy atom. The normalized spacial score (nSPS) is 27.0. The second-order valence-corrected chi connectivity index (χ2v) is 9.97.